The number of halogens is 1. The Morgan fingerprint density at radius 2 is 2.00 bits per heavy atom. The van der Waals surface area contributed by atoms with E-state index < -0.39 is 0 Å². The second-order valence-corrected chi connectivity index (χ2v) is 4.63. The van der Waals surface area contributed by atoms with E-state index in [1.807, 2.05) is 0 Å². The Hall–Kier alpha value is -0.540. The van der Waals surface area contributed by atoms with Crippen molar-refractivity contribution in [3.8, 4) is 0 Å². The number of hydrogen-bond acceptors (Lipinski definition) is 2. The van der Waals surface area contributed by atoms with E-state index in [4.69, 9.17) is 16.3 Å². The van der Waals surface area contributed by atoms with E-state index in [-0.39, 0.29) is 5.38 Å². The molecule has 0 saturated carbocycles. The van der Waals surface area contributed by atoms with Gasteiger partial charge < -0.3 is 4.74 Å². The van der Waals surface area contributed by atoms with Crippen molar-refractivity contribution < 1.29 is 4.74 Å². The Labute approximate surface area is 109 Å². The Morgan fingerprint density at radius 1 is 1.29 bits per heavy atom. The molecule has 3 nitrogen and oxygen atoms in total. The van der Waals surface area contributed by atoms with E-state index in [1.54, 1.807) is 7.11 Å². The van der Waals surface area contributed by atoms with E-state index in [0.29, 0.717) is 6.61 Å². The molecular formula is C13H23ClN2O. The molecule has 0 N–H and O–H groups in total. The highest BCUT2D eigenvalue weighted by molar-refractivity contribution is 6.20. The summed E-state index contributed by atoms with van der Waals surface area (Å²) in [5.41, 5.74) is 3.65. The lowest BCUT2D eigenvalue weighted by Gasteiger charge is -2.10. The number of rotatable bonds is 7. The fourth-order valence-corrected chi connectivity index (χ4v) is 2.38. The molecule has 98 valence electrons. The molecule has 1 rings (SSSR count). The molecule has 0 spiro atoms. The number of methoxy groups -OCH3 is 1. The molecule has 1 unspecified atom stereocenters. The van der Waals surface area contributed by atoms with Gasteiger partial charge in [-0.2, -0.15) is 5.10 Å². The summed E-state index contributed by atoms with van der Waals surface area (Å²) in [6, 6.07) is 0. The van der Waals surface area contributed by atoms with Crippen LogP contribution in [0.1, 0.15) is 49.5 Å². The highest BCUT2D eigenvalue weighted by Crippen LogP contribution is 2.30. The Bertz CT molecular complexity index is 349. The van der Waals surface area contributed by atoms with Gasteiger partial charge in [0.05, 0.1) is 24.2 Å². The molecule has 17 heavy (non-hydrogen) atoms. The molecule has 1 aromatic rings. The van der Waals surface area contributed by atoms with Gasteiger partial charge in [0.2, 0.25) is 0 Å². The summed E-state index contributed by atoms with van der Waals surface area (Å²) in [6.45, 7) is 7.90. The molecule has 0 aliphatic heterocycles. The zero-order valence-corrected chi connectivity index (χ0v) is 12.0. The van der Waals surface area contributed by atoms with Crippen molar-refractivity contribution in [2.24, 2.45) is 0 Å². The van der Waals surface area contributed by atoms with Gasteiger partial charge in [0.15, 0.2) is 0 Å². The zero-order chi connectivity index (χ0) is 12.8. The van der Waals surface area contributed by atoms with Gasteiger partial charge in [-0.05, 0) is 19.3 Å². The molecular weight excluding hydrogens is 236 g/mol. The molecule has 4 heteroatoms. The first-order chi connectivity index (χ1) is 8.19. The highest BCUT2D eigenvalue weighted by Gasteiger charge is 2.20. The second kappa shape index (κ2) is 7.02. The van der Waals surface area contributed by atoms with E-state index >= 15 is 0 Å². The summed E-state index contributed by atoms with van der Waals surface area (Å²) < 4.78 is 7.18. The van der Waals surface area contributed by atoms with Crippen LogP contribution in [0.5, 0.6) is 0 Å². The fourth-order valence-electron chi connectivity index (χ4n) is 2.13. The van der Waals surface area contributed by atoms with Crippen LogP contribution in [0.4, 0.5) is 0 Å². The van der Waals surface area contributed by atoms with Gasteiger partial charge in [0.1, 0.15) is 0 Å². The third-order valence-electron chi connectivity index (χ3n) is 3.02. The quantitative estimate of drug-likeness (QED) is 0.702. The van der Waals surface area contributed by atoms with Crippen LogP contribution in [0.2, 0.25) is 0 Å². The molecule has 1 aromatic heterocycles. The number of ether oxygens (including phenoxy) is 1. The summed E-state index contributed by atoms with van der Waals surface area (Å²) in [4.78, 5) is 0. The van der Waals surface area contributed by atoms with Crippen molar-refractivity contribution in [1.82, 2.24) is 9.78 Å². The van der Waals surface area contributed by atoms with Crippen LogP contribution in [-0.4, -0.2) is 23.5 Å². The summed E-state index contributed by atoms with van der Waals surface area (Å²) in [6.07, 6.45) is 2.85. The number of aryl methyl sites for hydroxylation is 1. The van der Waals surface area contributed by atoms with Crippen LogP contribution in [0.15, 0.2) is 0 Å². The smallest absolute Gasteiger partial charge is 0.0671 e. The largest absolute Gasteiger partial charge is 0.383 e. The minimum atomic E-state index is 0.0798. The lowest BCUT2D eigenvalue weighted by molar-refractivity contribution is 0.182. The monoisotopic (exact) mass is 258 g/mol. The molecule has 1 heterocycles. The predicted molar refractivity (Wildman–Crippen MR) is 71.7 cm³/mol. The third-order valence-corrected chi connectivity index (χ3v) is 3.55. The lowest BCUT2D eigenvalue weighted by Crippen LogP contribution is -2.10. The predicted octanol–water partition coefficient (Wildman–Crippen LogP) is 3.34. The van der Waals surface area contributed by atoms with Crippen molar-refractivity contribution in [1.29, 1.82) is 0 Å². The molecule has 0 saturated heterocycles. The molecule has 0 amide bonds. The van der Waals surface area contributed by atoms with Crippen molar-refractivity contribution in [2.45, 2.75) is 52.0 Å². The fraction of sp³-hybridized carbons (Fsp3) is 0.769. The number of nitrogens with zero attached hydrogens (tertiary/aromatic N) is 2. The maximum Gasteiger partial charge on any atom is 0.0671 e. The minimum Gasteiger partial charge on any atom is -0.383 e. The zero-order valence-electron chi connectivity index (χ0n) is 11.3. The standard InChI is InChI=1S/C13H23ClN2O/c1-5-10(14)13-11(6-2)15-16(8-9-17-4)12(13)7-3/h10H,5-9H2,1-4H3. The maximum absolute atomic E-state index is 6.42. The van der Waals surface area contributed by atoms with E-state index in [2.05, 4.69) is 30.6 Å². The van der Waals surface area contributed by atoms with Crippen LogP contribution in [0, 0.1) is 0 Å². The Balaban J connectivity index is 3.11. The maximum atomic E-state index is 6.42. The molecule has 0 aliphatic rings. The van der Waals surface area contributed by atoms with Gasteiger partial charge >= 0.3 is 0 Å². The van der Waals surface area contributed by atoms with Crippen molar-refractivity contribution in [3.63, 3.8) is 0 Å². The first kappa shape index (κ1) is 14.5. The van der Waals surface area contributed by atoms with E-state index in [1.165, 1.54) is 11.3 Å². The van der Waals surface area contributed by atoms with Gasteiger partial charge in [-0.3, -0.25) is 4.68 Å². The van der Waals surface area contributed by atoms with Gasteiger partial charge in [-0.1, -0.05) is 20.8 Å². The van der Waals surface area contributed by atoms with E-state index in [9.17, 15) is 0 Å². The first-order valence-corrected chi connectivity index (χ1v) is 6.84. The summed E-state index contributed by atoms with van der Waals surface area (Å²) in [5.74, 6) is 0. The van der Waals surface area contributed by atoms with Crippen LogP contribution < -0.4 is 0 Å². The molecule has 0 aliphatic carbocycles. The van der Waals surface area contributed by atoms with Crippen LogP contribution in [0.3, 0.4) is 0 Å². The highest BCUT2D eigenvalue weighted by atomic mass is 35.5. The molecule has 0 fully saturated rings. The molecule has 0 aromatic carbocycles. The van der Waals surface area contributed by atoms with Gasteiger partial charge in [0, 0.05) is 18.4 Å². The van der Waals surface area contributed by atoms with Crippen molar-refractivity contribution in [2.75, 3.05) is 13.7 Å². The van der Waals surface area contributed by atoms with Crippen molar-refractivity contribution in [3.05, 3.63) is 17.0 Å². The normalized spacial score (nSPS) is 13.0. The lowest BCUT2D eigenvalue weighted by atomic mass is 10.0. The Morgan fingerprint density at radius 3 is 2.47 bits per heavy atom. The van der Waals surface area contributed by atoms with E-state index in [0.717, 1.165) is 31.5 Å². The van der Waals surface area contributed by atoms with Crippen molar-refractivity contribution >= 4 is 11.6 Å². The number of hydrogen-bond donors (Lipinski definition) is 0. The van der Waals surface area contributed by atoms with Crippen LogP contribution in [0.25, 0.3) is 0 Å². The van der Waals surface area contributed by atoms with Crippen LogP contribution in [-0.2, 0) is 24.1 Å². The number of aromatic nitrogens is 2. The summed E-state index contributed by atoms with van der Waals surface area (Å²) in [5, 5.41) is 4.74. The minimum absolute atomic E-state index is 0.0798. The number of alkyl halides is 1. The average Bonchev–Trinajstić information content (AvgIpc) is 2.72. The molecule has 0 radical (unpaired) electrons. The average molecular weight is 259 g/mol. The summed E-state index contributed by atoms with van der Waals surface area (Å²) in [7, 11) is 1.72. The van der Waals surface area contributed by atoms with Crippen LogP contribution >= 0.6 is 11.6 Å². The van der Waals surface area contributed by atoms with Gasteiger partial charge in [-0.25, -0.2) is 0 Å². The summed E-state index contributed by atoms with van der Waals surface area (Å²) >= 11 is 6.42. The first-order valence-electron chi connectivity index (χ1n) is 6.40. The second-order valence-electron chi connectivity index (χ2n) is 4.11. The Kier molecular flexibility index (Phi) is 6.00. The van der Waals surface area contributed by atoms with Gasteiger partial charge in [-0.15, -0.1) is 11.6 Å². The molecule has 0 bridgehead atoms. The third kappa shape index (κ3) is 3.23. The van der Waals surface area contributed by atoms with Gasteiger partial charge in [0.25, 0.3) is 0 Å². The molecule has 1 atom stereocenters. The topological polar surface area (TPSA) is 27.1 Å². The SMILES string of the molecule is CCc1nn(CCOC)c(CC)c1C(Cl)CC.